The topological polar surface area (TPSA) is 0 Å². The number of hydrogen-bond donors (Lipinski definition) is 0. The highest BCUT2D eigenvalue weighted by Gasteiger charge is 2.39. The zero-order valence-electron chi connectivity index (χ0n) is 15.1. The predicted molar refractivity (Wildman–Crippen MR) is 103 cm³/mol. The molecule has 1 aromatic rings. The van der Waals surface area contributed by atoms with Crippen LogP contribution in [0.2, 0.25) is 0 Å². The summed E-state index contributed by atoms with van der Waals surface area (Å²) < 4.78 is 39.0. The molecule has 2 aliphatic rings. The Bertz CT molecular complexity index is 484. The fourth-order valence-electron chi connectivity index (χ4n) is 4.50. The molecule has 0 spiro atoms. The lowest BCUT2D eigenvalue weighted by molar-refractivity contribution is 0.368. The maximum Gasteiger partial charge on any atom is 0.673 e. The van der Waals surface area contributed by atoms with Crippen molar-refractivity contribution in [2.24, 2.45) is 0 Å². The maximum atomic E-state index is 9.75. The molecule has 0 atom stereocenters. The van der Waals surface area contributed by atoms with Crippen molar-refractivity contribution in [1.82, 2.24) is 0 Å². The minimum absolute atomic E-state index is 0.354. The predicted octanol–water partition coefficient (Wildman–Crippen LogP) is 6.80. The third kappa shape index (κ3) is 7.29. The molecule has 0 aromatic heterocycles. The number of benzene rings is 1. The summed E-state index contributed by atoms with van der Waals surface area (Å²) in [6.07, 6.45) is 15.1. The molecule has 6 heteroatoms. The van der Waals surface area contributed by atoms with Gasteiger partial charge < -0.3 is 17.3 Å². The molecule has 2 saturated carbocycles. The van der Waals surface area contributed by atoms with Crippen molar-refractivity contribution in [3.63, 3.8) is 0 Å². The number of halogens is 4. The molecule has 0 unspecified atom stereocenters. The summed E-state index contributed by atoms with van der Waals surface area (Å²) in [6, 6.07) is 9.34. The minimum atomic E-state index is -6.00. The summed E-state index contributed by atoms with van der Waals surface area (Å²) in [6.45, 7) is 2.35. The van der Waals surface area contributed by atoms with Crippen LogP contribution in [-0.4, -0.2) is 18.6 Å². The van der Waals surface area contributed by atoms with Gasteiger partial charge in [-0.1, -0.05) is 31.0 Å². The van der Waals surface area contributed by atoms with Crippen molar-refractivity contribution in [2.45, 2.75) is 82.4 Å². The van der Waals surface area contributed by atoms with Gasteiger partial charge >= 0.3 is 7.25 Å². The molecule has 0 saturated heterocycles. The fourth-order valence-corrected chi connectivity index (χ4v) is 8.93. The first kappa shape index (κ1) is 20.7. The molecule has 0 N–H and O–H groups in total. The molecule has 1 aromatic carbocycles. The summed E-state index contributed by atoms with van der Waals surface area (Å²) >= 11 is 0. The largest absolute Gasteiger partial charge is 0.673 e. The summed E-state index contributed by atoms with van der Waals surface area (Å²) in [5.41, 5.74) is 3.72. The van der Waals surface area contributed by atoms with E-state index in [1.54, 1.807) is 10.9 Å². The molecule has 3 rings (SSSR count). The van der Waals surface area contributed by atoms with Crippen molar-refractivity contribution in [3.05, 3.63) is 29.8 Å². The Hall–Kier alpha value is -0.565. The summed E-state index contributed by atoms with van der Waals surface area (Å²) in [7, 11) is -6.35. The van der Waals surface area contributed by atoms with E-state index in [0.717, 1.165) is 11.3 Å². The first-order valence-corrected chi connectivity index (χ1v) is 11.3. The van der Waals surface area contributed by atoms with Crippen LogP contribution in [-0.2, 0) is 0 Å². The highest BCUT2D eigenvalue weighted by molar-refractivity contribution is 7.67. The minimum Gasteiger partial charge on any atom is -0.418 e. The van der Waals surface area contributed by atoms with Crippen LogP contribution in [0.4, 0.5) is 17.3 Å². The standard InChI is InChI=1S/C19H29P.BF4/c1-16-10-8-9-15-19(16)20(17-11-4-2-5-12-17)18-13-6-3-7-14-18;2-1(3,4)5/h8-10,15,17-18H,2-7,11-14H2,1H3;/q;-1/p+1. The molecule has 2 fully saturated rings. The Morgan fingerprint density at radius 2 is 1.16 bits per heavy atom. The Balaban J connectivity index is 0.000000399. The lowest BCUT2D eigenvalue weighted by atomic mass is 9.99. The highest BCUT2D eigenvalue weighted by atomic mass is 31.1. The molecule has 0 nitrogen and oxygen atoms in total. The van der Waals surface area contributed by atoms with Crippen LogP contribution >= 0.6 is 7.92 Å². The monoisotopic (exact) mass is 376 g/mol. The summed E-state index contributed by atoms with van der Waals surface area (Å²) in [5, 5.41) is 1.79. The fraction of sp³-hybridized carbons (Fsp3) is 0.684. The molecule has 0 amide bonds. The van der Waals surface area contributed by atoms with Gasteiger partial charge in [0, 0.05) is 7.92 Å². The first-order valence-electron chi connectivity index (χ1n) is 9.66. The van der Waals surface area contributed by atoms with E-state index in [9.17, 15) is 17.3 Å². The Labute approximate surface area is 150 Å². The van der Waals surface area contributed by atoms with Crippen molar-refractivity contribution in [3.8, 4) is 0 Å². The maximum absolute atomic E-state index is 9.75. The zero-order chi connectivity index (χ0) is 18.3. The van der Waals surface area contributed by atoms with Crippen molar-refractivity contribution >= 4 is 20.5 Å². The van der Waals surface area contributed by atoms with Gasteiger partial charge in [0.2, 0.25) is 0 Å². The highest BCUT2D eigenvalue weighted by Crippen LogP contribution is 2.55. The van der Waals surface area contributed by atoms with E-state index in [2.05, 4.69) is 31.2 Å². The third-order valence-electron chi connectivity index (χ3n) is 5.55. The smallest absolute Gasteiger partial charge is 0.418 e. The molecular weight excluding hydrogens is 346 g/mol. The average molecular weight is 376 g/mol. The van der Waals surface area contributed by atoms with Crippen LogP contribution in [0, 0.1) is 6.92 Å². The van der Waals surface area contributed by atoms with Gasteiger partial charge in [0.25, 0.3) is 0 Å². The van der Waals surface area contributed by atoms with Gasteiger partial charge in [-0.2, -0.15) is 0 Å². The zero-order valence-corrected chi connectivity index (χ0v) is 16.1. The Morgan fingerprint density at radius 1 is 0.760 bits per heavy atom. The Morgan fingerprint density at radius 3 is 1.56 bits per heavy atom. The van der Waals surface area contributed by atoms with Gasteiger partial charge in [0.05, 0.1) is 16.6 Å². The van der Waals surface area contributed by atoms with Crippen molar-refractivity contribution < 1.29 is 17.3 Å². The molecule has 142 valence electrons. The summed E-state index contributed by atoms with van der Waals surface area (Å²) in [5.74, 6) is 0. The van der Waals surface area contributed by atoms with E-state index in [1.165, 1.54) is 64.2 Å². The van der Waals surface area contributed by atoms with Crippen molar-refractivity contribution in [1.29, 1.82) is 0 Å². The SMILES string of the molecule is Cc1ccccc1[PH+](C1CCCCC1)C1CCCCC1.F[B-](F)(F)F. The van der Waals surface area contributed by atoms with Gasteiger partial charge in [-0.15, -0.1) is 0 Å². The number of hydrogen-bond acceptors (Lipinski definition) is 0. The first-order chi connectivity index (χ1) is 11.9. The van der Waals surface area contributed by atoms with Crippen LogP contribution in [0.3, 0.4) is 0 Å². The van der Waals surface area contributed by atoms with E-state index in [1.807, 2.05) is 0 Å². The number of rotatable bonds is 3. The second-order valence-electron chi connectivity index (χ2n) is 7.44. The van der Waals surface area contributed by atoms with Crippen molar-refractivity contribution in [2.75, 3.05) is 0 Å². The third-order valence-corrected chi connectivity index (χ3v) is 9.64. The van der Waals surface area contributed by atoms with E-state index >= 15 is 0 Å². The average Bonchev–Trinajstić information content (AvgIpc) is 2.57. The van der Waals surface area contributed by atoms with Crippen LogP contribution in [0.1, 0.15) is 69.8 Å². The van der Waals surface area contributed by atoms with Crippen LogP contribution in [0.5, 0.6) is 0 Å². The second kappa shape index (κ2) is 9.95. The van der Waals surface area contributed by atoms with Gasteiger partial charge in [0.1, 0.15) is 0 Å². The van der Waals surface area contributed by atoms with E-state index in [-0.39, 0.29) is 7.92 Å². The molecule has 25 heavy (non-hydrogen) atoms. The molecule has 0 radical (unpaired) electrons. The van der Waals surface area contributed by atoms with E-state index < -0.39 is 7.25 Å². The van der Waals surface area contributed by atoms with Gasteiger partial charge in [0.15, 0.2) is 0 Å². The molecule has 2 aliphatic carbocycles. The molecule has 0 aliphatic heterocycles. The van der Waals surface area contributed by atoms with E-state index in [0.29, 0.717) is 0 Å². The van der Waals surface area contributed by atoms with E-state index in [4.69, 9.17) is 0 Å². The van der Waals surface area contributed by atoms with Crippen LogP contribution in [0.25, 0.3) is 0 Å². The normalized spacial score (nSPS) is 20.2. The van der Waals surface area contributed by atoms with Crippen LogP contribution < -0.4 is 5.30 Å². The number of aryl methyl sites for hydroxylation is 1. The van der Waals surface area contributed by atoms with Gasteiger partial charge in [-0.25, -0.2) is 0 Å². The molecule has 0 heterocycles. The second-order valence-corrected chi connectivity index (χ2v) is 10.5. The summed E-state index contributed by atoms with van der Waals surface area (Å²) in [4.78, 5) is 0. The lowest BCUT2D eigenvalue weighted by Crippen LogP contribution is -2.27. The van der Waals surface area contributed by atoms with Gasteiger partial charge in [-0.3, -0.25) is 0 Å². The van der Waals surface area contributed by atoms with Crippen LogP contribution in [0.15, 0.2) is 24.3 Å². The van der Waals surface area contributed by atoms with Gasteiger partial charge in [-0.05, 0) is 69.9 Å². The molecular formula is C19H30BF4P. The Kier molecular flexibility index (Phi) is 8.25. The quantitative estimate of drug-likeness (QED) is 0.309. The molecule has 0 bridgehead atoms. The lowest BCUT2D eigenvalue weighted by Gasteiger charge is -2.32.